The number of nitrogens with zero attached hydrogens (tertiary/aromatic N) is 1. The van der Waals surface area contributed by atoms with Gasteiger partial charge in [-0.1, -0.05) is 65.3 Å². The highest BCUT2D eigenvalue weighted by Gasteiger charge is 2.15. The number of H-pyrrole nitrogens is 2. The Labute approximate surface area is 230 Å². The van der Waals surface area contributed by atoms with E-state index in [1.165, 1.54) is 30.9 Å². The maximum Gasteiger partial charge on any atom is 0.258 e. The lowest BCUT2D eigenvalue weighted by Gasteiger charge is -2.08. The Balaban J connectivity index is 0.000000467. The molecule has 0 radical (unpaired) electrons. The van der Waals surface area contributed by atoms with Crippen LogP contribution >= 0.6 is 11.3 Å². The zero-order chi connectivity index (χ0) is 28.5. The van der Waals surface area contributed by atoms with Crippen LogP contribution in [0.15, 0.2) is 47.4 Å². The van der Waals surface area contributed by atoms with Crippen molar-refractivity contribution in [3.05, 3.63) is 69.7 Å². The lowest BCUT2D eigenvalue weighted by atomic mass is 10.1. The summed E-state index contributed by atoms with van der Waals surface area (Å²) >= 11 is 1.37. The number of aromatic amines is 2. The molecule has 0 aliphatic rings. The number of pyridine rings is 1. The highest BCUT2D eigenvalue weighted by atomic mass is 32.1. The van der Waals surface area contributed by atoms with Gasteiger partial charge >= 0.3 is 0 Å². The number of carbonyl (C=O) groups excluding carboxylic acids is 1. The van der Waals surface area contributed by atoms with E-state index >= 15 is 0 Å². The van der Waals surface area contributed by atoms with Crippen LogP contribution in [0.25, 0.3) is 27.9 Å². The molecule has 3 N–H and O–H groups in total. The standard InChI is InChI=1S/C19H17N3O2S.C8H18O2.C3H8/c1-4-5-6-14-11(2)20-9-16(14)17-10-25-19(22-17)15-7-13(12(3)23)8-21-18(15)24;1-3-5-8(9)7-10-6-4-2;1-3-2/h4-10,20H,1H2,2-3H3,(H,21,24);8-9H,3-7H2,1-2H3;3H2,1-2H3/b6-5-;;. The number of allylic oxidation sites excluding steroid dienone is 2. The van der Waals surface area contributed by atoms with Crippen LogP contribution in [0.4, 0.5) is 0 Å². The second kappa shape index (κ2) is 18.2. The van der Waals surface area contributed by atoms with Crippen molar-refractivity contribution in [3.8, 4) is 21.8 Å². The number of Topliss-reactive ketones (excluding diaryl/α,β-unsaturated/α-hetero) is 1. The molecule has 208 valence electrons. The molecular weight excluding hydrogens is 498 g/mol. The molecule has 0 bridgehead atoms. The minimum atomic E-state index is -0.261. The molecule has 3 aromatic heterocycles. The van der Waals surface area contributed by atoms with Crippen LogP contribution in [0.5, 0.6) is 0 Å². The summed E-state index contributed by atoms with van der Waals surface area (Å²) in [4.78, 5) is 34.1. The molecule has 3 aromatic rings. The predicted molar refractivity (Wildman–Crippen MR) is 160 cm³/mol. The Hall–Kier alpha value is -3.07. The maximum atomic E-state index is 12.1. The number of rotatable bonds is 11. The molecule has 0 aliphatic carbocycles. The first-order valence-electron chi connectivity index (χ1n) is 13.2. The first-order chi connectivity index (χ1) is 18.2. The van der Waals surface area contributed by atoms with Gasteiger partial charge in [-0.05, 0) is 32.8 Å². The van der Waals surface area contributed by atoms with Crippen molar-refractivity contribution in [2.45, 2.75) is 73.3 Å². The summed E-state index contributed by atoms with van der Waals surface area (Å²) in [5.41, 5.74) is 4.39. The first kappa shape index (κ1) is 33.0. The lowest BCUT2D eigenvalue weighted by Crippen LogP contribution is -2.14. The fourth-order valence-electron chi connectivity index (χ4n) is 3.28. The Morgan fingerprint density at radius 2 is 1.89 bits per heavy atom. The molecule has 7 nitrogen and oxygen atoms in total. The van der Waals surface area contributed by atoms with Crippen molar-refractivity contribution in [3.63, 3.8) is 0 Å². The predicted octanol–water partition coefficient (Wildman–Crippen LogP) is 7.19. The van der Waals surface area contributed by atoms with Crippen molar-refractivity contribution >= 4 is 23.2 Å². The van der Waals surface area contributed by atoms with Crippen molar-refractivity contribution in [2.24, 2.45) is 0 Å². The van der Waals surface area contributed by atoms with Crippen LogP contribution in [-0.4, -0.2) is 45.2 Å². The molecule has 38 heavy (non-hydrogen) atoms. The van der Waals surface area contributed by atoms with Crippen LogP contribution in [0.1, 0.15) is 81.9 Å². The normalized spacial score (nSPS) is 11.3. The molecule has 0 spiro atoms. The van der Waals surface area contributed by atoms with Gasteiger partial charge < -0.3 is 19.8 Å². The molecule has 0 saturated heterocycles. The third kappa shape index (κ3) is 10.7. The molecule has 0 amide bonds. The topological polar surface area (TPSA) is 108 Å². The number of hydrogen-bond acceptors (Lipinski definition) is 6. The van der Waals surface area contributed by atoms with Crippen LogP contribution in [0, 0.1) is 6.92 Å². The zero-order valence-electron chi connectivity index (χ0n) is 23.6. The van der Waals surface area contributed by atoms with Crippen LogP contribution in [0.3, 0.4) is 0 Å². The summed E-state index contributed by atoms with van der Waals surface area (Å²) in [6.45, 7) is 16.8. The molecular formula is C30H43N3O4S. The molecule has 0 fully saturated rings. The number of aryl methyl sites for hydroxylation is 1. The second-order valence-electron chi connectivity index (χ2n) is 8.79. The average Bonchev–Trinajstić information content (AvgIpc) is 3.51. The van der Waals surface area contributed by atoms with Gasteiger partial charge in [0.1, 0.15) is 5.01 Å². The molecule has 1 unspecified atom stereocenters. The minimum Gasteiger partial charge on any atom is -0.391 e. The number of nitrogens with one attached hydrogen (secondary N) is 2. The van der Waals surface area contributed by atoms with Crippen molar-refractivity contribution in [1.82, 2.24) is 15.0 Å². The molecule has 1 atom stereocenters. The SMILES string of the molecule is C=C/C=C\c1c(-c2csc(-c3cc(C(C)=O)c[nH]c3=O)n2)c[nH]c1C.CCC.CCCOCC(O)CCC. The largest absolute Gasteiger partial charge is 0.391 e. The summed E-state index contributed by atoms with van der Waals surface area (Å²) in [6, 6.07) is 1.59. The molecule has 0 aromatic carbocycles. The van der Waals surface area contributed by atoms with Crippen molar-refractivity contribution < 1.29 is 14.6 Å². The summed E-state index contributed by atoms with van der Waals surface area (Å²) < 4.78 is 5.15. The van der Waals surface area contributed by atoms with E-state index in [0.29, 0.717) is 22.7 Å². The van der Waals surface area contributed by atoms with Gasteiger partial charge in [0.25, 0.3) is 5.56 Å². The monoisotopic (exact) mass is 541 g/mol. The van der Waals surface area contributed by atoms with E-state index in [9.17, 15) is 9.59 Å². The lowest BCUT2D eigenvalue weighted by molar-refractivity contribution is 0.0325. The van der Waals surface area contributed by atoms with E-state index in [1.807, 2.05) is 30.7 Å². The molecule has 3 heterocycles. The smallest absolute Gasteiger partial charge is 0.258 e. The summed E-state index contributed by atoms with van der Waals surface area (Å²) in [5.74, 6) is -0.104. The van der Waals surface area contributed by atoms with Crippen molar-refractivity contribution in [1.29, 1.82) is 0 Å². The Bertz CT molecular complexity index is 1210. The third-order valence-corrected chi connectivity index (χ3v) is 6.00. The average molecular weight is 542 g/mol. The summed E-state index contributed by atoms with van der Waals surface area (Å²) in [5, 5.41) is 11.6. The zero-order valence-corrected chi connectivity index (χ0v) is 24.4. The van der Waals surface area contributed by atoms with E-state index in [-0.39, 0.29) is 17.4 Å². The Morgan fingerprint density at radius 3 is 2.50 bits per heavy atom. The van der Waals surface area contributed by atoms with Gasteiger partial charge in [0.05, 0.1) is 24.0 Å². The number of ether oxygens (including phenoxy) is 1. The van der Waals surface area contributed by atoms with E-state index < -0.39 is 0 Å². The van der Waals surface area contributed by atoms with Gasteiger partial charge in [-0.15, -0.1) is 11.3 Å². The van der Waals surface area contributed by atoms with E-state index in [4.69, 9.17) is 9.84 Å². The van der Waals surface area contributed by atoms with Crippen LogP contribution in [0.2, 0.25) is 0 Å². The highest BCUT2D eigenvalue weighted by Crippen LogP contribution is 2.31. The quantitative estimate of drug-likeness (QED) is 0.135. The number of thiazole rings is 1. The van der Waals surface area contributed by atoms with Crippen molar-refractivity contribution in [2.75, 3.05) is 13.2 Å². The number of aliphatic hydroxyl groups excluding tert-OH is 1. The van der Waals surface area contributed by atoms with Gasteiger partial charge in [0.15, 0.2) is 5.78 Å². The fraction of sp³-hybridized carbons (Fsp3) is 0.433. The Kier molecular flexibility index (Phi) is 15.8. The van der Waals surface area contributed by atoms with E-state index in [1.54, 1.807) is 12.1 Å². The molecule has 0 saturated carbocycles. The summed E-state index contributed by atoms with van der Waals surface area (Å²) in [7, 11) is 0. The molecule has 3 rings (SSSR count). The number of aliphatic hydroxyl groups is 1. The minimum absolute atomic E-state index is 0.104. The number of hydrogen-bond donors (Lipinski definition) is 3. The van der Waals surface area contributed by atoms with Gasteiger partial charge in [-0.2, -0.15) is 0 Å². The maximum absolute atomic E-state index is 12.1. The highest BCUT2D eigenvalue weighted by molar-refractivity contribution is 7.13. The number of ketones is 1. The Morgan fingerprint density at radius 1 is 1.18 bits per heavy atom. The van der Waals surface area contributed by atoms with Gasteiger partial charge in [-0.3, -0.25) is 9.59 Å². The van der Waals surface area contributed by atoms with Gasteiger partial charge in [0.2, 0.25) is 0 Å². The summed E-state index contributed by atoms with van der Waals surface area (Å²) in [6.07, 6.45) is 12.8. The number of carbonyl (C=O) groups is 1. The van der Waals surface area contributed by atoms with Crippen LogP contribution < -0.4 is 5.56 Å². The van der Waals surface area contributed by atoms with Gasteiger partial charge in [-0.25, -0.2) is 4.98 Å². The van der Waals surface area contributed by atoms with E-state index in [2.05, 4.69) is 49.2 Å². The number of aromatic nitrogens is 3. The van der Waals surface area contributed by atoms with Crippen LogP contribution in [-0.2, 0) is 4.74 Å². The first-order valence-corrected chi connectivity index (χ1v) is 14.0. The second-order valence-corrected chi connectivity index (χ2v) is 9.64. The molecule has 8 heteroatoms. The molecule has 0 aliphatic heterocycles. The van der Waals surface area contributed by atoms with Gasteiger partial charge in [0, 0.05) is 46.8 Å². The fourth-order valence-corrected chi connectivity index (χ4v) is 4.11. The van der Waals surface area contributed by atoms with E-state index in [0.717, 1.165) is 48.4 Å². The third-order valence-electron chi connectivity index (χ3n) is 5.13.